The van der Waals surface area contributed by atoms with Crippen LogP contribution in [0.15, 0.2) is 52.9 Å². The minimum atomic E-state index is -0.364. The lowest BCUT2D eigenvalue weighted by atomic mass is 9.87. The molecule has 0 unspecified atom stereocenters. The molecule has 0 radical (unpaired) electrons. The molecule has 1 N–H and O–H groups in total. The number of nitrogens with zero attached hydrogens (tertiary/aromatic N) is 3. The lowest BCUT2D eigenvalue weighted by Crippen LogP contribution is -2.24. The van der Waals surface area contributed by atoms with Crippen molar-refractivity contribution in [1.29, 1.82) is 0 Å². The van der Waals surface area contributed by atoms with Gasteiger partial charge in [-0.25, -0.2) is 4.39 Å². The van der Waals surface area contributed by atoms with Gasteiger partial charge < -0.3 is 9.32 Å². The lowest BCUT2D eigenvalue weighted by Gasteiger charge is -2.18. The maximum absolute atomic E-state index is 13.1. The number of hydrogen-bond donors (Lipinski definition) is 1. The zero-order valence-electron chi connectivity index (χ0n) is 17.6. The second kappa shape index (κ2) is 7.94. The average Bonchev–Trinajstić information content (AvgIpc) is 3.34. The molecule has 2 amide bonds. The van der Waals surface area contributed by atoms with E-state index in [0.717, 1.165) is 5.56 Å². The Balaban J connectivity index is 1.42. The van der Waals surface area contributed by atoms with Crippen molar-refractivity contribution in [2.45, 2.75) is 38.5 Å². The molecule has 1 fully saturated rings. The van der Waals surface area contributed by atoms with Crippen LogP contribution in [0.5, 0.6) is 0 Å². The van der Waals surface area contributed by atoms with Crippen molar-refractivity contribution in [3.8, 4) is 0 Å². The molecule has 7 nitrogen and oxygen atoms in total. The highest BCUT2D eigenvalue weighted by Crippen LogP contribution is 2.32. The third kappa shape index (κ3) is 4.47. The van der Waals surface area contributed by atoms with E-state index in [2.05, 4.69) is 36.3 Å². The summed E-state index contributed by atoms with van der Waals surface area (Å²) in [5.74, 6) is -0.860. The van der Waals surface area contributed by atoms with Crippen molar-refractivity contribution in [3.63, 3.8) is 0 Å². The maximum Gasteiger partial charge on any atom is 0.322 e. The Morgan fingerprint density at radius 3 is 2.42 bits per heavy atom. The van der Waals surface area contributed by atoms with Crippen LogP contribution in [-0.4, -0.2) is 28.6 Å². The number of rotatable bonds is 4. The molecular weight excluding hydrogens is 399 g/mol. The number of nitrogens with one attached hydrogen (secondary N) is 1. The summed E-state index contributed by atoms with van der Waals surface area (Å²) in [5.41, 5.74) is 2.21. The number of anilines is 2. The van der Waals surface area contributed by atoms with Crippen molar-refractivity contribution in [3.05, 3.63) is 71.4 Å². The van der Waals surface area contributed by atoms with E-state index in [0.29, 0.717) is 17.8 Å². The molecule has 2 heterocycles. The Bertz CT molecular complexity index is 1100. The molecule has 160 valence electrons. The zero-order valence-corrected chi connectivity index (χ0v) is 17.6. The van der Waals surface area contributed by atoms with Crippen LogP contribution in [0, 0.1) is 5.82 Å². The number of benzene rings is 2. The molecule has 0 spiro atoms. The minimum absolute atomic E-state index is 0.00307. The summed E-state index contributed by atoms with van der Waals surface area (Å²) in [6.45, 7) is 6.65. The van der Waals surface area contributed by atoms with Crippen molar-refractivity contribution in [2.24, 2.45) is 0 Å². The molecule has 0 saturated carbocycles. The smallest absolute Gasteiger partial charge is 0.322 e. The normalized spacial score (nSPS) is 16.6. The fraction of sp³-hybridized carbons (Fsp3) is 0.304. The van der Waals surface area contributed by atoms with Gasteiger partial charge in [-0.3, -0.25) is 14.9 Å². The third-order valence-corrected chi connectivity index (χ3v) is 5.29. The van der Waals surface area contributed by atoms with Gasteiger partial charge in [0, 0.05) is 24.2 Å². The second-order valence-corrected chi connectivity index (χ2v) is 8.61. The largest absolute Gasteiger partial charge is 0.407 e. The van der Waals surface area contributed by atoms with Crippen molar-refractivity contribution in [1.82, 2.24) is 10.2 Å². The van der Waals surface area contributed by atoms with Crippen LogP contribution in [0.1, 0.15) is 54.9 Å². The van der Waals surface area contributed by atoms with Crippen molar-refractivity contribution < 1.29 is 18.4 Å². The number of aromatic nitrogens is 2. The van der Waals surface area contributed by atoms with E-state index in [1.165, 1.54) is 12.1 Å². The van der Waals surface area contributed by atoms with Gasteiger partial charge in [0.15, 0.2) is 0 Å². The second-order valence-electron chi connectivity index (χ2n) is 8.61. The highest BCUT2D eigenvalue weighted by Gasteiger charge is 2.35. The van der Waals surface area contributed by atoms with E-state index in [9.17, 15) is 14.0 Å². The van der Waals surface area contributed by atoms with Crippen LogP contribution < -0.4 is 10.2 Å². The standard InChI is InChI=1S/C23H23FN4O3/c1-23(2,3)16-6-4-14(5-7-16)20(30)25-22-27-26-21(31-22)15-12-19(29)28(13-15)18-10-8-17(24)9-11-18/h4-11,15H,12-13H2,1-3H3,(H,25,27,30)/t15-/m0/s1. The van der Waals surface area contributed by atoms with Gasteiger partial charge in [-0.15, -0.1) is 5.10 Å². The highest BCUT2D eigenvalue weighted by molar-refractivity contribution is 6.03. The molecule has 1 atom stereocenters. The van der Waals surface area contributed by atoms with Gasteiger partial charge in [0.1, 0.15) is 5.82 Å². The monoisotopic (exact) mass is 422 g/mol. The van der Waals surface area contributed by atoms with Gasteiger partial charge in [0.25, 0.3) is 5.91 Å². The summed E-state index contributed by atoms with van der Waals surface area (Å²) in [4.78, 5) is 26.4. The Morgan fingerprint density at radius 2 is 1.77 bits per heavy atom. The van der Waals surface area contributed by atoms with Crippen LogP contribution in [0.4, 0.5) is 16.1 Å². The molecular formula is C23H23FN4O3. The van der Waals surface area contributed by atoms with Crippen LogP contribution in [0.25, 0.3) is 0 Å². The number of amides is 2. The molecule has 1 aromatic heterocycles. The molecule has 4 rings (SSSR count). The summed E-state index contributed by atoms with van der Waals surface area (Å²) in [6.07, 6.45) is 0.196. The summed E-state index contributed by atoms with van der Waals surface area (Å²) in [7, 11) is 0. The highest BCUT2D eigenvalue weighted by atomic mass is 19.1. The zero-order chi connectivity index (χ0) is 22.2. The first-order valence-electron chi connectivity index (χ1n) is 10.0. The Morgan fingerprint density at radius 1 is 1.10 bits per heavy atom. The number of carbonyl (C=O) groups is 2. The Labute approximate surface area is 179 Å². The molecule has 3 aromatic rings. The molecule has 2 aromatic carbocycles. The summed E-state index contributed by atoms with van der Waals surface area (Å²) < 4.78 is 18.7. The average molecular weight is 422 g/mol. The molecule has 8 heteroatoms. The molecule has 1 aliphatic heterocycles. The number of hydrogen-bond acceptors (Lipinski definition) is 5. The van der Waals surface area contributed by atoms with E-state index >= 15 is 0 Å². The van der Waals surface area contributed by atoms with Crippen molar-refractivity contribution >= 4 is 23.5 Å². The predicted octanol–water partition coefficient (Wildman–Crippen LogP) is 4.28. The van der Waals surface area contributed by atoms with Gasteiger partial charge >= 0.3 is 6.01 Å². The maximum atomic E-state index is 13.1. The fourth-order valence-corrected chi connectivity index (χ4v) is 3.48. The SMILES string of the molecule is CC(C)(C)c1ccc(C(=O)Nc2nnc([C@H]3CC(=O)N(c4ccc(F)cc4)C3)o2)cc1. The molecule has 31 heavy (non-hydrogen) atoms. The quantitative estimate of drug-likeness (QED) is 0.678. The third-order valence-electron chi connectivity index (χ3n) is 5.29. The van der Waals surface area contributed by atoms with Gasteiger partial charge in [0.2, 0.25) is 11.8 Å². The van der Waals surface area contributed by atoms with Gasteiger partial charge in [-0.2, -0.15) is 0 Å². The topological polar surface area (TPSA) is 88.3 Å². The predicted molar refractivity (Wildman–Crippen MR) is 114 cm³/mol. The van der Waals surface area contributed by atoms with E-state index < -0.39 is 0 Å². The summed E-state index contributed by atoms with van der Waals surface area (Å²) >= 11 is 0. The molecule has 0 bridgehead atoms. The molecule has 0 aliphatic carbocycles. The molecule has 1 aliphatic rings. The van der Waals surface area contributed by atoms with Crippen LogP contribution in [0.2, 0.25) is 0 Å². The summed E-state index contributed by atoms with van der Waals surface area (Å²) in [5, 5.41) is 10.5. The molecule has 1 saturated heterocycles. The Hall–Kier alpha value is -3.55. The first-order valence-corrected chi connectivity index (χ1v) is 10.0. The van der Waals surface area contributed by atoms with E-state index in [-0.39, 0.29) is 47.3 Å². The number of carbonyl (C=O) groups excluding carboxylic acids is 2. The fourth-order valence-electron chi connectivity index (χ4n) is 3.48. The number of halogens is 1. The first-order chi connectivity index (χ1) is 14.7. The van der Waals surface area contributed by atoms with Crippen LogP contribution in [0.3, 0.4) is 0 Å². The first kappa shape index (κ1) is 20.7. The van der Waals surface area contributed by atoms with Gasteiger partial charge in [0.05, 0.1) is 5.92 Å². The van der Waals surface area contributed by atoms with Gasteiger partial charge in [-0.1, -0.05) is 38.0 Å². The van der Waals surface area contributed by atoms with E-state index in [1.54, 1.807) is 29.2 Å². The minimum Gasteiger partial charge on any atom is -0.407 e. The summed E-state index contributed by atoms with van der Waals surface area (Å²) in [6, 6.07) is 13.1. The Kier molecular flexibility index (Phi) is 5.31. The van der Waals surface area contributed by atoms with E-state index in [1.807, 2.05) is 12.1 Å². The van der Waals surface area contributed by atoms with Crippen LogP contribution >= 0.6 is 0 Å². The van der Waals surface area contributed by atoms with Crippen molar-refractivity contribution in [2.75, 3.05) is 16.8 Å². The van der Waals surface area contributed by atoms with Gasteiger partial charge in [-0.05, 0) is 47.4 Å². The lowest BCUT2D eigenvalue weighted by molar-refractivity contribution is -0.117. The van der Waals surface area contributed by atoms with Crippen LogP contribution in [-0.2, 0) is 10.2 Å². The van der Waals surface area contributed by atoms with E-state index in [4.69, 9.17) is 4.42 Å².